The van der Waals surface area contributed by atoms with E-state index in [2.05, 4.69) is 17.2 Å². The summed E-state index contributed by atoms with van der Waals surface area (Å²) in [4.78, 5) is 14.8. The number of rotatable bonds is 3. The third kappa shape index (κ3) is 3.42. The summed E-state index contributed by atoms with van der Waals surface area (Å²) in [7, 11) is -3.81. The molecule has 28 heavy (non-hydrogen) atoms. The largest absolute Gasteiger partial charge is 0.364 e. The zero-order valence-electron chi connectivity index (χ0n) is 14.7. The smallest absolute Gasteiger partial charge is 0.292 e. The highest BCUT2D eigenvalue weighted by Gasteiger charge is 2.21. The van der Waals surface area contributed by atoms with E-state index in [9.17, 15) is 13.2 Å². The molecule has 2 aromatic carbocycles. The van der Waals surface area contributed by atoms with Crippen LogP contribution in [0, 0.1) is 0 Å². The van der Waals surface area contributed by atoms with E-state index in [1.165, 1.54) is 35.4 Å². The van der Waals surface area contributed by atoms with Gasteiger partial charge in [-0.15, -0.1) is 0 Å². The zero-order valence-corrected chi connectivity index (χ0v) is 16.3. The van der Waals surface area contributed by atoms with Gasteiger partial charge in [-0.25, -0.2) is 13.6 Å². The maximum atomic E-state index is 12.8. The van der Waals surface area contributed by atoms with Crippen molar-refractivity contribution in [3.8, 4) is 5.69 Å². The predicted molar refractivity (Wildman–Crippen MR) is 107 cm³/mol. The molecule has 0 saturated heterocycles. The maximum Gasteiger partial charge on any atom is 0.292 e. The van der Waals surface area contributed by atoms with Gasteiger partial charge >= 0.3 is 0 Å². The maximum absolute atomic E-state index is 12.8. The van der Waals surface area contributed by atoms with Crippen LogP contribution >= 0.6 is 11.6 Å². The SMILES string of the molecule is NS(=O)(=O)c1ccc(-n2ncc(N3CCc4ccccc4C3)c(Cl)c2=O)cc1. The van der Waals surface area contributed by atoms with Crippen LogP contribution in [0.3, 0.4) is 0 Å². The first kappa shape index (κ1) is 18.7. The number of anilines is 1. The average Bonchev–Trinajstić information content (AvgIpc) is 2.69. The predicted octanol–water partition coefficient (Wildman–Crippen LogP) is 2.10. The summed E-state index contributed by atoms with van der Waals surface area (Å²) < 4.78 is 23.9. The summed E-state index contributed by atoms with van der Waals surface area (Å²) in [6.45, 7) is 1.40. The van der Waals surface area contributed by atoms with Gasteiger partial charge < -0.3 is 4.90 Å². The molecular weight excluding hydrogens is 400 g/mol. The Morgan fingerprint density at radius 1 is 1.04 bits per heavy atom. The molecular formula is C19H17ClN4O3S. The van der Waals surface area contributed by atoms with Gasteiger partial charge in [-0.2, -0.15) is 9.78 Å². The summed E-state index contributed by atoms with van der Waals surface area (Å²) in [5, 5.41) is 9.40. The van der Waals surface area contributed by atoms with Crippen molar-refractivity contribution in [2.45, 2.75) is 17.9 Å². The fourth-order valence-corrected chi connectivity index (χ4v) is 4.07. The van der Waals surface area contributed by atoms with Gasteiger partial charge in [-0.3, -0.25) is 4.79 Å². The summed E-state index contributed by atoms with van der Waals surface area (Å²) in [6, 6.07) is 13.7. The molecule has 0 radical (unpaired) electrons. The summed E-state index contributed by atoms with van der Waals surface area (Å²) in [6.07, 6.45) is 2.43. The van der Waals surface area contributed by atoms with Gasteiger partial charge in [-0.05, 0) is 41.8 Å². The number of nitrogens with zero attached hydrogens (tertiary/aromatic N) is 3. The van der Waals surface area contributed by atoms with E-state index >= 15 is 0 Å². The third-order valence-electron chi connectivity index (χ3n) is 4.78. The molecule has 9 heteroatoms. The number of aromatic nitrogens is 2. The van der Waals surface area contributed by atoms with E-state index < -0.39 is 15.6 Å². The Kier molecular flexibility index (Phi) is 4.70. The average molecular weight is 417 g/mol. The summed E-state index contributed by atoms with van der Waals surface area (Å²) >= 11 is 6.38. The van der Waals surface area contributed by atoms with Crippen LogP contribution in [0.5, 0.6) is 0 Å². The van der Waals surface area contributed by atoms with E-state index in [4.69, 9.17) is 16.7 Å². The van der Waals surface area contributed by atoms with Gasteiger partial charge in [0.25, 0.3) is 5.56 Å². The Labute approximate surface area is 167 Å². The van der Waals surface area contributed by atoms with Crippen molar-refractivity contribution in [3.63, 3.8) is 0 Å². The lowest BCUT2D eigenvalue weighted by atomic mass is 10.00. The van der Waals surface area contributed by atoms with Gasteiger partial charge in [0.15, 0.2) is 0 Å². The van der Waals surface area contributed by atoms with Crippen LogP contribution in [0.1, 0.15) is 11.1 Å². The highest BCUT2D eigenvalue weighted by molar-refractivity contribution is 7.89. The molecule has 0 aliphatic carbocycles. The van der Waals surface area contributed by atoms with Crippen LogP contribution in [0.25, 0.3) is 5.69 Å². The topological polar surface area (TPSA) is 98.3 Å². The standard InChI is InChI=1S/C19H17ClN4O3S/c20-18-17(23-10-9-13-3-1-2-4-14(13)12-23)11-22-24(19(18)25)15-5-7-16(8-6-15)28(21,26)27/h1-8,11H,9-10,12H2,(H2,21,26,27). The first-order valence-corrected chi connectivity index (χ1v) is 10.5. The second-order valence-electron chi connectivity index (χ2n) is 6.54. The second-order valence-corrected chi connectivity index (χ2v) is 8.48. The van der Waals surface area contributed by atoms with E-state index in [0.717, 1.165) is 17.6 Å². The molecule has 1 aromatic heterocycles. The molecule has 2 N–H and O–H groups in total. The molecule has 1 aliphatic heterocycles. The lowest BCUT2D eigenvalue weighted by Gasteiger charge is -2.31. The number of sulfonamides is 1. The lowest BCUT2D eigenvalue weighted by Crippen LogP contribution is -2.33. The highest BCUT2D eigenvalue weighted by Crippen LogP contribution is 2.28. The van der Waals surface area contributed by atoms with Crippen molar-refractivity contribution in [2.75, 3.05) is 11.4 Å². The molecule has 144 valence electrons. The van der Waals surface area contributed by atoms with E-state index in [-0.39, 0.29) is 9.92 Å². The van der Waals surface area contributed by atoms with Crippen molar-refractivity contribution >= 4 is 27.3 Å². The molecule has 0 spiro atoms. The Hall–Kier alpha value is -2.68. The third-order valence-corrected chi connectivity index (χ3v) is 6.07. The minimum absolute atomic E-state index is 0.0426. The van der Waals surface area contributed by atoms with Crippen molar-refractivity contribution in [1.82, 2.24) is 9.78 Å². The Morgan fingerprint density at radius 2 is 1.71 bits per heavy atom. The first-order valence-electron chi connectivity index (χ1n) is 8.57. The van der Waals surface area contributed by atoms with Crippen molar-refractivity contribution < 1.29 is 8.42 Å². The fraction of sp³-hybridized carbons (Fsp3) is 0.158. The van der Waals surface area contributed by atoms with Crippen molar-refractivity contribution in [3.05, 3.63) is 81.2 Å². The van der Waals surface area contributed by atoms with Crippen molar-refractivity contribution in [1.29, 1.82) is 0 Å². The summed E-state index contributed by atoms with van der Waals surface area (Å²) in [5.41, 5.74) is 3.01. The molecule has 0 bridgehead atoms. The van der Waals surface area contributed by atoms with Crippen LogP contribution in [-0.2, 0) is 23.0 Å². The zero-order chi connectivity index (χ0) is 19.9. The van der Waals surface area contributed by atoms with E-state index in [0.29, 0.717) is 17.9 Å². The molecule has 1 aliphatic rings. The Balaban J connectivity index is 1.67. The molecule has 4 rings (SSSR count). The number of nitrogens with two attached hydrogens (primary N) is 1. The number of hydrogen-bond donors (Lipinski definition) is 1. The van der Waals surface area contributed by atoms with Gasteiger partial charge in [0, 0.05) is 13.1 Å². The van der Waals surface area contributed by atoms with Crippen LogP contribution < -0.4 is 15.6 Å². The van der Waals surface area contributed by atoms with E-state index in [1.807, 2.05) is 17.0 Å². The number of halogens is 1. The molecule has 0 fully saturated rings. The van der Waals surface area contributed by atoms with Gasteiger partial charge in [0.2, 0.25) is 10.0 Å². The monoisotopic (exact) mass is 416 g/mol. The van der Waals surface area contributed by atoms with Crippen LogP contribution in [0.15, 0.2) is 64.4 Å². The molecule has 2 heterocycles. The van der Waals surface area contributed by atoms with Crippen LogP contribution in [0.2, 0.25) is 5.02 Å². The molecule has 3 aromatic rings. The molecule has 0 unspecified atom stereocenters. The Morgan fingerprint density at radius 3 is 2.39 bits per heavy atom. The second kappa shape index (κ2) is 7.05. The number of hydrogen-bond acceptors (Lipinski definition) is 5. The highest BCUT2D eigenvalue weighted by atomic mass is 35.5. The quantitative estimate of drug-likeness (QED) is 0.705. The lowest BCUT2D eigenvalue weighted by molar-refractivity contribution is 0.597. The van der Waals surface area contributed by atoms with Gasteiger partial charge in [0.05, 0.1) is 22.5 Å². The Bertz CT molecular complexity index is 1210. The molecule has 0 saturated carbocycles. The molecule has 0 amide bonds. The number of benzene rings is 2. The number of fused-ring (bicyclic) bond motifs is 1. The van der Waals surface area contributed by atoms with Gasteiger partial charge in [-0.1, -0.05) is 35.9 Å². The van der Waals surface area contributed by atoms with Crippen LogP contribution in [0.4, 0.5) is 5.69 Å². The normalized spacial score (nSPS) is 14.0. The minimum Gasteiger partial charge on any atom is -0.364 e. The molecule has 0 atom stereocenters. The van der Waals surface area contributed by atoms with E-state index in [1.54, 1.807) is 6.20 Å². The summed E-state index contributed by atoms with van der Waals surface area (Å²) in [5.74, 6) is 0. The van der Waals surface area contributed by atoms with Gasteiger partial charge in [0.1, 0.15) is 5.02 Å². The van der Waals surface area contributed by atoms with Crippen molar-refractivity contribution in [2.24, 2.45) is 5.14 Å². The number of primary sulfonamides is 1. The minimum atomic E-state index is -3.81. The molecule has 7 nitrogen and oxygen atoms in total. The van der Waals surface area contributed by atoms with Crippen LogP contribution in [-0.4, -0.2) is 24.7 Å². The first-order chi connectivity index (χ1) is 13.3. The fourth-order valence-electron chi connectivity index (χ4n) is 3.31.